The van der Waals surface area contributed by atoms with E-state index >= 15 is 0 Å². The molecule has 0 unspecified atom stereocenters. The molecule has 130 valence electrons. The summed E-state index contributed by atoms with van der Waals surface area (Å²) >= 11 is 0. The highest BCUT2D eigenvalue weighted by Gasteiger charge is 2.27. The van der Waals surface area contributed by atoms with Gasteiger partial charge >= 0.3 is 0 Å². The molecule has 1 aromatic carbocycles. The van der Waals surface area contributed by atoms with Crippen LogP contribution in [0.1, 0.15) is 32.0 Å². The van der Waals surface area contributed by atoms with Crippen LogP contribution >= 0.6 is 0 Å². The minimum absolute atomic E-state index is 0.145. The summed E-state index contributed by atoms with van der Waals surface area (Å²) in [5.74, 6) is -0.145. The fourth-order valence-corrected chi connectivity index (χ4v) is 2.95. The van der Waals surface area contributed by atoms with Crippen molar-refractivity contribution in [3.05, 3.63) is 52.7 Å². The molecule has 2 heterocycles. The van der Waals surface area contributed by atoms with Crippen molar-refractivity contribution in [2.24, 2.45) is 0 Å². The van der Waals surface area contributed by atoms with Gasteiger partial charge in [0.15, 0.2) is 0 Å². The molecule has 7 heteroatoms. The average Bonchev–Trinajstić information content (AvgIpc) is 3.01. The number of nitrogens with zero attached hydrogens (tertiary/aromatic N) is 4. The van der Waals surface area contributed by atoms with Gasteiger partial charge in [-0.05, 0) is 32.4 Å². The van der Waals surface area contributed by atoms with Crippen LogP contribution in [0.2, 0.25) is 0 Å². The van der Waals surface area contributed by atoms with Crippen LogP contribution in [-0.4, -0.2) is 27.2 Å². The lowest BCUT2D eigenvalue weighted by atomic mass is 10.1. The maximum absolute atomic E-state index is 13.1. The minimum atomic E-state index is -0.640. The lowest BCUT2D eigenvalue weighted by Gasteiger charge is -2.26. The Balaban J connectivity index is 2.05. The lowest BCUT2D eigenvalue weighted by Crippen LogP contribution is -2.40. The smallest absolute Gasteiger partial charge is 0.267 e. The van der Waals surface area contributed by atoms with E-state index in [1.807, 2.05) is 44.2 Å². The highest BCUT2D eigenvalue weighted by Crippen LogP contribution is 2.21. The van der Waals surface area contributed by atoms with Crippen molar-refractivity contribution in [3.63, 3.8) is 0 Å². The van der Waals surface area contributed by atoms with Crippen LogP contribution in [0.5, 0.6) is 0 Å². The fourth-order valence-electron chi connectivity index (χ4n) is 2.95. The molecule has 0 saturated heterocycles. The molecule has 0 aliphatic rings. The molecular weight excluding hydrogens is 320 g/mol. The molecular formula is C18H20N4O3. The van der Waals surface area contributed by atoms with E-state index in [1.54, 1.807) is 11.8 Å². The summed E-state index contributed by atoms with van der Waals surface area (Å²) in [6.45, 7) is 5.98. The van der Waals surface area contributed by atoms with Gasteiger partial charge < -0.3 is 9.42 Å². The van der Waals surface area contributed by atoms with Crippen molar-refractivity contribution >= 4 is 22.7 Å². The number of para-hydroxylation sites is 1. The predicted molar refractivity (Wildman–Crippen MR) is 94.6 cm³/mol. The Hall–Kier alpha value is -2.96. The molecule has 1 amide bonds. The molecule has 0 spiro atoms. The third kappa shape index (κ3) is 2.93. The largest absolute Gasteiger partial charge is 0.335 e. The van der Waals surface area contributed by atoms with Crippen LogP contribution in [-0.2, 0) is 4.79 Å². The molecule has 3 rings (SSSR count). The van der Waals surface area contributed by atoms with Crippen molar-refractivity contribution in [1.82, 2.24) is 14.7 Å². The van der Waals surface area contributed by atoms with Crippen LogP contribution in [0.15, 0.2) is 46.0 Å². The van der Waals surface area contributed by atoms with Crippen LogP contribution < -0.4 is 10.5 Å². The van der Waals surface area contributed by atoms with Crippen molar-refractivity contribution in [3.8, 4) is 0 Å². The Morgan fingerprint density at radius 1 is 1.28 bits per heavy atom. The topological polar surface area (TPSA) is 81.2 Å². The fraction of sp³-hybridized carbons (Fsp3) is 0.333. The van der Waals surface area contributed by atoms with E-state index in [-0.39, 0.29) is 17.2 Å². The first-order chi connectivity index (χ1) is 12.1. The summed E-state index contributed by atoms with van der Waals surface area (Å²) in [5, 5.41) is 4.10. The zero-order valence-electron chi connectivity index (χ0n) is 14.5. The number of amides is 1. The van der Waals surface area contributed by atoms with Crippen molar-refractivity contribution in [2.75, 3.05) is 11.4 Å². The molecule has 0 aliphatic carbocycles. The van der Waals surface area contributed by atoms with E-state index in [0.717, 1.165) is 5.69 Å². The Morgan fingerprint density at radius 2 is 2.00 bits per heavy atom. The van der Waals surface area contributed by atoms with Gasteiger partial charge in [0.05, 0.1) is 5.69 Å². The number of aryl methyl sites for hydroxylation is 1. The number of benzene rings is 1. The summed E-state index contributed by atoms with van der Waals surface area (Å²) < 4.78 is 6.40. The zero-order chi connectivity index (χ0) is 18.0. The molecule has 1 atom stereocenters. The molecule has 0 bridgehead atoms. The quantitative estimate of drug-likeness (QED) is 0.713. The maximum atomic E-state index is 13.1. The van der Waals surface area contributed by atoms with Crippen LogP contribution in [0, 0.1) is 6.92 Å². The highest BCUT2D eigenvalue weighted by molar-refractivity contribution is 5.96. The summed E-state index contributed by atoms with van der Waals surface area (Å²) in [6.07, 6.45) is 1.83. The first-order valence-corrected chi connectivity index (χ1v) is 8.28. The third-order valence-electron chi connectivity index (χ3n) is 4.25. The van der Waals surface area contributed by atoms with Gasteiger partial charge in [-0.3, -0.25) is 14.2 Å². The zero-order valence-corrected chi connectivity index (χ0v) is 14.5. The summed E-state index contributed by atoms with van der Waals surface area (Å²) in [4.78, 5) is 31.7. The van der Waals surface area contributed by atoms with Gasteiger partial charge in [-0.2, -0.15) is 0 Å². The van der Waals surface area contributed by atoms with E-state index in [0.29, 0.717) is 24.0 Å². The Labute approximate surface area is 144 Å². The van der Waals surface area contributed by atoms with E-state index in [9.17, 15) is 9.59 Å². The monoisotopic (exact) mass is 340 g/mol. The van der Waals surface area contributed by atoms with E-state index < -0.39 is 6.04 Å². The van der Waals surface area contributed by atoms with E-state index in [2.05, 4.69) is 10.1 Å². The lowest BCUT2D eigenvalue weighted by molar-refractivity contribution is -0.121. The molecule has 0 saturated carbocycles. The predicted octanol–water partition coefficient (Wildman–Crippen LogP) is 2.70. The molecule has 0 radical (unpaired) electrons. The average molecular weight is 340 g/mol. The Morgan fingerprint density at radius 3 is 2.64 bits per heavy atom. The van der Waals surface area contributed by atoms with Gasteiger partial charge in [-0.1, -0.05) is 30.3 Å². The Bertz CT molecular complexity index is 946. The van der Waals surface area contributed by atoms with Gasteiger partial charge in [0.2, 0.25) is 5.91 Å². The van der Waals surface area contributed by atoms with Gasteiger partial charge in [0.25, 0.3) is 11.3 Å². The van der Waals surface area contributed by atoms with Gasteiger partial charge in [0.1, 0.15) is 17.8 Å². The summed E-state index contributed by atoms with van der Waals surface area (Å²) in [7, 11) is 0. The number of anilines is 1. The van der Waals surface area contributed by atoms with Crippen molar-refractivity contribution in [1.29, 1.82) is 0 Å². The molecule has 0 N–H and O–H groups in total. The summed E-state index contributed by atoms with van der Waals surface area (Å²) in [6, 6.07) is 8.78. The standard InChI is InChI=1S/C18H20N4O3/c1-4-14(17(23)21(5-2)13-9-7-6-8-10-13)22-11-19-16-15(18(22)24)12(3)20-25-16/h6-11,14H,4-5H2,1-3H3/t14-/m0/s1. The molecule has 0 aliphatic heterocycles. The Kier molecular flexibility index (Phi) is 4.65. The van der Waals surface area contributed by atoms with Gasteiger partial charge in [-0.25, -0.2) is 4.98 Å². The number of hydrogen-bond acceptors (Lipinski definition) is 5. The maximum Gasteiger partial charge on any atom is 0.267 e. The first kappa shape index (κ1) is 16.9. The van der Waals surface area contributed by atoms with Gasteiger partial charge in [0, 0.05) is 12.2 Å². The van der Waals surface area contributed by atoms with Crippen LogP contribution in [0.4, 0.5) is 5.69 Å². The molecule has 2 aromatic heterocycles. The highest BCUT2D eigenvalue weighted by atomic mass is 16.5. The second-order valence-corrected chi connectivity index (χ2v) is 5.75. The van der Waals surface area contributed by atoms with Crippen molar-refractivity contribution < 1.29 is 9.32 Å². The number of carbonyl (C=O) groups is 1. The van der Waals surface area contributed by atoms with E-state index in [1.165, 1.54) is 10.9 Å². The second-order valence-electron chi connectivity index (χ2n) is 5.75. The normalized spacial score (nSPS) is 12.3. The number of rotatable bonds is 5. The van der Waals surface area contributed by atoms with Crippen LogP contribution in [0.3, 0.4) is 0 Å². The molecule has 0 fully saturated rings. The third-order valence-corrected chi connectivity index (χ3v) is 4.25. The van der Waals surface area contributed by atoms with Crippen LogP contribution in [0.25, 0.3) is 11.1 Å². The van der Waals surface area contributed by atoms with E-state index in [4.69, 9.17) is 4.52 Å². The number of hydrogen-bond donors (Lipinski definition) is 0. The number of carbonyl (C=O) groups excluding carboxylic acids is 1. The minimum Gasteiger partial charge on any atom is -0.335 e. The molecule has 3 aromatic rings. The first-order valence-electron chi connectivity index (χ1n) is 8.28. The van der Waals surface area contributed by atoms with Gasteiger partial charge in [-0.15, -0.1) is 0 Å². The molecule has 25 heavy (non-hydrogen) atoms. The molecule has 7 nitrogen and oxygen atoms in total. The number of fused-ring (bicyclic) bond motifs is 1. The number of likely N-dealkylation sites (N-methyl/N-ethyl adjacent to an activating group) is 1. The second kappa shape index (κ2) is 6.88. The summed E-state index contributed by atoms with van der Waals surface area (Å²) in [5.41, 5.74) is 1.15. The number of aromatic nitrogens is 3. The van der Waals surface area contributed by atoms with Crippen molar-refractivity contribution in [2.45, 2.75) is 33.2 Å². The SMILES string of the molecule is CC[C@@H](C(=O)N(CC)c1ccccc1)n1cnc2onc(C)c2c1=O.